The summed E-state index contributed by atoms with van der Waals surface area (Å²) in [6.45, 7) is 3.85. The molecular weight excluding hydrogens is 395 g/mol. The van der Waals surface area contributed by atoms with Crippen LogP contribution in [0.5, 0.6) is 0 Å². The van der Waals surface area contributed by atoms with Crippen molar-refractivity contribution in [3.05, 3.63) is 27.3 Å². The first-order valence-electron chi connectivity index (χ1n) is 6.11. The third-order valence-corrected chi connectivity index (χ3v) is 4.95. The molecule has 6 nitrogen and oxygen atoms in total. The second-order valence-electron chi connectivity index (χ2n) is 4.05. The van der Waals surface area contributed by atoms with Gasteiger partial charge in [0.05, 0.1) is 10.5 Å². The summed E-state index contributed by atoms with van der Waals surface area (Å²) < 4.78 is 27.0. The van der Waals surface area contributed by atoms with Gasteiger partial charge in [-0.25, -0.2) is 17.9 Å². The van der Waals surface area contributed by atoms with E-state index in [4.69, 9.17) is 5.11 Å². The number of benzene rings is 1. The summed E-state index contributed by atoms with van der Waals surface area (Å²) in [4.78, 5) is 11.0. The van der Waals surface area contributed by atoms with Crippen molar-refractivity contribution >= 4 is 38.6 Å². The molecule has 0 bridgehead atoms. The Labute approximate surface area is 132 Å². The van der Waals surface area contributed by atoms with Crippen LogP contribution in [0.15, 0.2) is 23.1 Å². The molecule has 8 heteroatoms. The molecule has 20 heavy (non-hydrogen) atoms. The average molecular weight is 412 g/mol. The maximum Gasteiger partial charge on any atom is 0.336 e. The normalized spacial score (nSPS) is 11.5. The topological polar surface area (TPSA) is 95.5 Å². The predicted octanol–water partition coefficient (Wildman–Crippen LogP) is 1.27. The summed E-state index contributed by atoms with van der Waals surface area (Å²) in [5.41, 5.74) is -0.0128. The van der Waals surface area contributed by atoms with Crippen LogP contribution in [-0.2, 0) is 10.0 Å². The predicted molar refractivity (Wildman–Crippen MR) is 84.5 cm³/mol. The van der Waals surface area contributed by atoms with Gasteiger partial charge >= 0.3 is 5.97 Å². The Hall–Kier alpha value is -0.710. The smallest absolute Gasteiger partial charge is 0.336 e. The molecule has 0 amide bonds. The molecule has 0 heterocycles. The van der Waals surface area contributed by atoms with E-state index < -0.39 is 16.0 Å². The van der Waals surface area contributed by atoms with Gasteiger partial charge in [0, 0.05) is 10.1 Å². The molecule has 112 valence electrons. The van der Waals surface area contributed by atoms with Crippen molar-refractivity contribution < 1.29 is 18.3 Å². The number of carboxylic acid groups (broad SMARTS) is 1. The fourth-order valence-corrected chi connectivity index (χ4v) is 3.18. The van der Waals surface area contributed by atoms with Crippen LogP contribution in [0.3, 0.4) is 0 Å². The first-order valence-corrected chi connectivity index (χ1v) is 8.68. The van der Waals surface area contributed by atoms with Crippen molar-refractivity contribution in [2.45, 2.75) is 18.2 Å². The van der Waals surface area contributed by atoms with Gasteiger partial charge in [0.25, 0.3) is 0 Å². The third-order valence-electron chi connectivity index (χ3n) is 2.55. The van der Waals surface area contributed by atoms with Crippen molar-refractivity contribution in [1.82, 2.24) is 10.0 Å². The fourth-order valence-electron chi connectivity index (χ4n) is 1.52. The first kappa shape index (κ1) is 17.3. The lowest BCUT2D eigenvalue weighted by atomic mass is 10.2. The molecule has 0 aliphatic rings. The van der Waals surface area contributed by atoms with Crippen molar-refractivity contribution in [2.75, 3.05) is 19.6 Å². The maximum absolute atomic E-state index is 12.0. The van der Waals surface area contributed by atoms with Crippen LogP contribution in [0.2, 0.25) is 0 Å². The van der Waals surface area contributed by atoms with Crippen LogP contribution < -0.4 is 10.0 Å². The van der Waals surface area contributed by atoms with Gasteiger partial charge in [0.15, 0.2) is 0 Å². The molecule has 0 radical (unpaired) electrons. The number of aromatic carboxylic acids is 1. The number of carbonyl (C=O) groups is 1. The SMILES string of the molecule is CCNCCCNS(=O)(=O)c1ccc(I)c(C(=O)O)c1. The lowest BCUT2D eigenvalue weighted by molar-refractivity contribution is 0.0695. The van der Waals surface area contributed by atoms with Crippen LogP contribution >= 0.6 is 22.6 Å². The van der Waals surface area contributed by atoms with Crippen LogP contribution in [-0.4, -0.2) is 39.1 Å². The molecule has 0 spiro atoms. The second kappa shape index (κ2) is 7.91. The third kappa shape index (κ3) is 5.00. The molecule has 0 aliphatic carbocycles. The van der Waals surface area contributed by atoms with Gasteiger partial charge in [-0.1, -0.05) is 6.92 Å². The molecule has 1 rings (SSSR count). The zero-order chi connectivity index (χ0) is 15.2. The zero-order valence-electron chi connectivity index (χ0n) is 11.0. The van der Waals surface area contributed by atoms with Gasteiger partial charge < -0.3 is 10.4 Å². The minimum Gasteiger partial charge on any atom is -0.478 e. The molecule has 0 saturated carbocycles. The number of carboxylic acids is 1. The van der Waals surface area contributed by atoms with Gasteiger partial charge in [-0.15, -0.1) is 0 Å². The zero-order valence-corrected chi connectivity index (χ0v) is 14.0. The van der Waals surface area contributed by atoms with Crippen LogP contribution in [0, 0.1) is 3.57 Å². The average Bonchev–Trinajstić information content (AvgIpc) is 2.38. The van der Waals surface area contributed by atoms with Crippen molar-refractivity contribution in [2.24, 2.45) is 0 Å². The van der Waals surface area contributed by atoms with Crippen LogP contribution in [0.25, 0.3) is 0 Å². The number of hydrogen-bond donors (Lipinski definition) is 3. The number of hydrogen-bond acceptors (Lipinski definition) is 4. The largest absolute Gasteiger partial charge is 0.478 e. The summed E-state index contributed by atoms with van der Waals surface area (Å²) >= 11 is 1.86. The molecular formula is C12H17IN2O4S. The minimum atomic E-state index is -3.66. The molecule has 0 unspecified atom stereocenters. The van der Waals surface area contributed by atoms with E-state index in [-0.39, 0.29) is 10.5 Å². The number of nitrogens with one attached hydrogen (secondary N) is 2. The Morgan fingerprint density at radius 3 is 2.65 bits per heavy atom. The molecule has 3 N–H and O–H groups in total. The Kier molecular flexibility index (Phi) is 6.86. The molecule has 0 aromatic heterocycles. The van der Waals surface area contributed by atoms with E-state index in [0.717, 1.165) is 13.1 Å². The fraction of sp³-hybridized carbons (Fsp3) is 0.417. The molecule has 1 aromatic rings. The number of halogens is 1. The monoisotopic (exact) mass is 412 g/mol. The minimum absolute atomic E-state index is 0.0128. The van der Waals surface area contributed by atoms with Gasteiger partial charge in [0.2, 0.25) is 10.0 Å². The molecule has 0 atom stereocenters. The Balaban J connectivity index is 2.77. The van der Waals surface area contributed by atoms with Gasteiger partial charge in [-0.3, -0.25) is 0 Å². The molecule has 0 aliphatic heterocycles. The summed E-state index contributed by atoms with van der Waals surface area (Å²) in [6, 6.07) is 4.06. The van der Waals surface area contributed by atoms with Gasteiger partial charge in [-0.05, 0) is 60.3 Å². The van der Waals surface area contributed by atoms with E-state index >= 15 is 0 Å². The lowest BCUT2D eigenvalue weighted by Gasteiger charge is -2.08. The molecule has 0 saturated heterocycles. The van der Waals surface area contributed by atoms with E-state index in [1.807, 2.05) is 29.5 Å². The second-order valence-corrected chi connectivity index (χ2v) is 6.98. The van der Waals surface area contributed by atoms with E-state index in [0.29, 0.717) is 16.5 Å². The summed E-state index contributed by atoms with van der Waals surface area (Å²) in [5, 5.41) is 12.1. The van der Waals surface area contributed by atoms with E-state index in [1.54, 1.807) is 0 Å². The molecule has 1 aromatic carbocycles. The highest BCUT2D eigenvalue weighted by atomic mass is 127. The van der Waals surface area contributed by atoms with E-state index in [9.17, 15) is 13.2 Å². The maximum atomic E-state index is 12.0. The quantitative estimate of drug-likeness (QED) is 0.442. The lowest BCUT2D eigenvalue weighted by Crippen LogP contribution is -2.27. The first-order chi connectivity index (χ1) is 9.38. The van der Waals surface area contributed by atoms with E-state index in [2.05, 4.69) is 10.0 Å². The van der Waals surface area contributed by atoms with E-state index in [1.165, 1.54) is 18.2 Å². The number of rotatable bonds is 8. The van der Waals surface area contributed by atoms with Gasteiger partial charge in [0.1, 0.15) is 0 Å². The van der Waals surface area contributed by atoms with Gasteiger partial charge in [-0.2, -0.15) is 0 Å². The number of sulfonamides is 1. The highest BCUT2D eigenvalue weighted by molar-refractivity contribution is 14.1. The summed E-state index contributed by atoms with van der Waals surface area (Å²) in [5.74, 6) is -1.14. The summed E-state index contributed by atoms with van der Waals surface area (Å²) in [7, 11) is -3.66. The standard InChI is InChI=1S/C12H17IN2O4S/c1-2-14-6-3-7-15-20(18,19)9-4-5-11(13)10(8-9)12(16)17/h4-5,8,14-15H,2-3,6-7H2,1H3,(H,16,17). The Morgan fingerprint density at radius 2 is 2.05 bits per heavy atom. The Morgan fingerprint density at radius 1 is 1.35 bits per heavy atom. The highest BCUT2D eigenvalue weighted by Gasteiger charge is 2.17. The van der Waals surface area contributed by atoms with Crippen LogP contribution in [0.4, 0.5) is 0 Å². The van der Waals surface area contributed by atoms with Crippen molar-refractivity contribution in [3.63, 3.8) is 0 Å². The van der Waals surface area contributed by atoms with Crippen molar-refractivity contribution in [1.29, 1.82) is 0 Å². The summed E-state index contributed by atoms with van der Waals surface area (Å²) in [6.07, 6.45) is 0.670. The molecule has 0 fully saturated rings. The highest BCUT2D eigenvalue weighted by Crippen LogP contribution is 2.17. The Bertz CT molecular complexity index is 575. The van der Waals surface area contributed by atoms with Crippen LogP contribution in [0.1, 0.15) is 23.7 Å². The van der Waals surface area contributed by atoms with Crippen molar-refractivity contribution in [3.8, 4) is 0 Å².